The predicted molar refractivity (Wildman–Crippen MR) is 136 cm³/mol. The Bertz CT molecular complexity index is 767. The van der Waals surface area contributed by atoms with Crippen LogP contribution in [0.2, 0.25) is 0 Å². The van der Waals surface area contributed by atoms with Crippen LogP contribution in [0.3, 0.4) is 0 Å². The van der Waals surface area contributed by atoms with Gasteiger partial charge in [-0.2, -0.15) is 0 Å². The molecule has 1 aliphatic heterocycles. The van der Waals surface area contributed by atoms with Gasteiger partial charge in [-0.1, -0.05) is 72.5 Å². The van der Waals surface area contributed by atoms with Crippen LogP contribution in [-0.4, -0.2) is 34.6 Å². The molecular formula is C30H50O3. The number of rotatable bonds is 7. The van der Waals surface area contributed by atoms with Gasteiger partial charge in [0, 0.05) is 5.92 Å². The van der Waals surface area contributed by atoms with E-state index in [4.69, 9.17) is 4.74 Å². The van der Waals surface area contributed by atoms with Gasteiger partial charge in [0.25, 0.3) is 0 Å². The van der Waals surface area contributed by atoms with Crippen molar-refractivity contribution in [3.05, 3.63) is 23.8 Å². The van der Waals surface area contributed by atoms with Gasteiger partial charge >= 0.3 is 0 Å². The molecule has 0 amide bonds. The van der Waals surface area contributed by atoms with E-state index in [1.165, 1.54) is 24.8 Å². The Morgan fingerprint density at radius 2 is 1.76 bits per heavy atom. The van der Waals surface area contributed by atoms with Gasteiger partial charge < -0.3 is 14.9 Å². The van der Waals surface area contributed by atoms with Crippen molar-refractivity contribution in [1.82, 2.24) is 0 Å². The SMILES string of the molecule is C=CC(O)C12OCC(C(C)CCCC(C)C)C1CCC1=C2CCC2C(C)(C)[C@@H](O)CC[C@@]12C. The summed E-state index contributed by atoms with van der Waals surface area (Å²) in [6, 6.07) is 0. The second-order valence-corrected chi connectivity index (χ2v) is 13.2. The zero-order valence-corrected chi connectivity index (χ0v) is 22.2. The molecule has 4 aliphatic rings. The Kier molecular flexibility index (Phi) is 7.02. The highest BCUT2D eigenvalue weighted by Crippen LogP contribution is 2.66. The van der Waals surface area contributed by atoms with Gasteiger partial charge in [0.15, 0.2) is 0 Å². The highest BCUT2D eigenvalue weighted by atomic mass is 16.5. The van der Waals surface area contributed by atoms with Gasteiger partial charge in [0.05, 0.1) is 12.7 Å². The molecule has 3 aliphatic carbocycles. The monoisotopic (exact) mass is 458 g/mol. The minimum Gasteiger partial charge on any atom is -0.393 e. The summed E-state index contributed by atoms with van der Waals surface area (Å²) in [5, 5.41) is 22.3. The molecule has 0 aromatic carbocycles. The predicted octanol–water partition coefficient (Wildman–Crippen LogP) is 6.68. The van der Waals surface area contributed by atoms with Crippen LogP contribution < -0.4 is 0 Å². The van der Waals surface area contributed by atoms with Crippen LogP contribution >= 0.6 is 0 Å². The van der Waals surface area contributed by atoms with Crippen LogP contribution in [0.4, 0.5) is 0 Å². The Labute approximate surface area is 203 Å². The Morgan fingerprint density at radius 3 is 2.42 bits per heavy atom. The quantitative estimate of drug-likeness (QED) is 0.418. The molecule has 0 radical (unpaired) electrons. The van der Waals surface area contributed by atoms with Gasteiger partial charge in [-0.25, -0.2) is 0 Å². The highest BCUT2D eigenvalue weighted by Gasteiger charge is 2.63. The van der Waals surface area contributed by atoms with E-state index in [9.17, 15) is 10.2 Å². The van der Waals surface area contributed by atoms with Crippen LogP contribution in [0, 0.1) is 40.4 Å². The lowest BCUT2D eigenvalue weighted by Crippen LogP contribution is -2.58. The number of aliphatic hydroxyl groups is 2. The lowest BCUT2D eigenvalue weighted by Gasteiger charge is -2.60. The van der Waals surface area contributed by atoms with E-state index in [1.54, 1.807) is 11.6 Å². The average Bonchev–Trinajstić information content (AvgIpc) is 3.17. The topological polar surface area (TPSA) is 49.7 Å². The molecule has 33 heavy (non-hydrogen) atoms. The maximum absolute atomic E-state index is 11.4. The van der Waals surface area contributed by atoms with E-state index in [0.29, 0.717) is 23.7 Å². The standard InChI is InChI=1S/C30H50O3/c1-8-26(31)30-22(21(18-33-30)20(4)11-9-10-19(2)3)12-13-23-24(30)14-15-25-28(5,6)27(32)16-17-29(23,25)7/h8,19-22,25-27,31-32H,1,9-18H2,2-7H3/t20?,21?,22?,25?,26?,27-,29-,30?/m0/s1. The molecule has 0 spiro atoms. The van der Waals surface area contributed by atoms with E-state index in [1.807, 2.05) is 0 Å². The molecule has 2 N–H and O–H groups in total. The summed E-state index contributed by atoms with van der Waals surface area (Å²) in [4.78, 5) is 0. The zero-order chi connectivity index (χ0) is 24.2. The second-order valence-electron chi connectivity index (χ2n) is 13.2. The highest BCUT2D eigenvalue weighted by molar-refractivity contribution is 5.41. The number of allylic oxidation sites excluding steroid dienone is 1. The van der Waals surface area contributed by atoms with Crippen molar-refractivity contribution in [2.45, 2.75) is 117 Å². The van der Waals surface area contributed by atoms with E-state index >= 15 is 0 Å². The van der Waals surface area contributed by atoms with Crippen molar-refractivity contribution in [3.63, 3.8) is 0 Å². The smallest absolute Gasteiger partial charge is 0.122 e. The van der Waals surface area contributed by atoms with Crippen molar-refractivity contribution in [2.24, 2.45) is 40.4 Å². The minimum atomic E-state index is -0.650. The summed E-state index contributed by atoms with van der Waals surface area (Å²) in [5.74, 6) is 2.74. The van der Waals surface area contributed by atoms with Gasteiger partial charge in [0.1, 0.15) is 11.7 Å². The maximum atomic E-state index is 11.4. The van der Waals surface area contributed by atoms with Gasteiger partial charge in [0.2, 0.25) is 0 Å². The van der Waals surface area contributed by atoms with Crippen LogP contribution in [0.5, 0.6) is 0 Å². The van der Waals surface area contributed by atoms with E-state index in [2.05, 4.69) is 48.1 Å². The number of hydrogen-bond acceptors (Lipinski definition) is 3. The number of aliphatic hydroxyl groups excluding tert-OH is 2. The molecule has 3 nitrogen and oxygen atoms in total. The van der Waals surface area contributed by atoms with E-state index in [0.717, 1.165) is 51.0 Å². The summed E-state index contributed by atoms with van der Waals surface area (Å²) in [7, 11) is 0. The Balaban J connectivity index is 1.68. The molecule has 1 saturated heterocycles. The van der Waals surface area contributed by atoms with Crippen LogP contribution in [-0.2, 0) is 4.74 Å². The Morgan fingerprint density at radius 1 is 1.06 bits per heavy atom. The summed E-state index contributed by atoms with van der Waals surface area (Å²) in [5.41, 5.74) is 2.41. The number of fused-ring (bicyclic) bond motifs is 4. The lowest BCUT2D eigenvalue weighted by atomic mass is 9.46. The molecule has 6 unspecified atom stereocenters. The average molecular weight is 459 g/mol. The summed E-state index contributed by atoms with van der Waals surface area (Å²) in [6.45, 7) is 18.8. The third-order valence-corrected chi connectivity index (χ3v) is 10.8. The van der Waals surface area contributed by atoms with Crippen molar-refractivity contribution in [2.75, 3.05) is 6.61 Å². The summed E-state index contributed by atoms with van der Waals surface area (Å²) < 4.78 is 6.80. The molecule has 188 valence electrons. The summed E-state index contributed by atoms with van der Waals surface area (Å²) >= 11 is 0. The first-order valence-corrected chi connectivity index (χ1v) is 13.9. The number of hydrogen-bond donors (Lipinski definition) is 2. The second kappa shape index (κ2) is 9.10. The van der Waals surface area contributed by atoms with Gasteiger partial charge in [-0.3, -0.25) is 0 Å². The fourth-order valence-corrected chi connectivity index (χ4v) is 8.84. The molecule has 1 saturated carbocycles. The molecule has 3 heteroatoms. The van der Waals surface area contributed by atoms with E-state index < -0.39 is 11.7 Å². The first-order chi connectivity index (χ1) is 15.5. The van der Waals surface area contributed by atoms with Crippen molar-refractivity contribution < 1.29 is 14.9 Å². The number of ether oxygens (including phenoxy) is 1. The first-order valence-electron chi connectivity index (χ1n) is 13.9. The molecule has 4 rings (SSSR count). The fraction of sp³-hybridized carbons (Fsp3) is 0.867. The zero-order valence-electron chi connectivity index (χ0n) is 22.2. The normalized spacial score (nSPS) is 41.8. The minimum absolute atomic E-state index is 0.0728. The third-order valence-electron chi connectivity index (χ3n) is 10.8. The Hall–Kier alpha value is -0.640. The van der Waals surface area contributed by atoms with Gasteiger partial charge in [-0.05, 0) is 78.6 Å². The fourth-order valence-electron chi connectivity index (χ4n) is 8.84. The third kappa shape index (κ3) is 3.89. The molecule has 2 fully saturated rings. The molecule has 0 bridgehead atoms. The lowest BCUT2D eigenvalue weighted by molar-refractivity contribution is -0.110. The molecular weight excluding hydrogens is 408 g/mol. The maximum Gasteiger partial charge on any atom is 0.122 e. The van der Waals surface area contributed by atoms with Crippen molar-refractivity contribution in [3.8, 4) is 0 Å². The van der Waals surface area contributed by atoms with E-state index in [-0.39, 0.29) is 16.9 Å². The molecule has 1 heterocycles. The van der Waals surface area contributed by atoms with Crippen LogP contribution in [0.15, 0.2) is 23.8 Å². The van der Waals surface area contributed by atoms with Crippen LogP contribution in [0.25, 0.3) is 0 Å². The molecule has 8 atom stereocenters. The van der Waals surface area contributed by atoms with Crippen molar-refractivity contribution in [1.29, 1.82) is 0 Å². The van der Waals surface area contributed by atoms with Crippen molar-refractivity contribution >= 4 is 0 Å². The summed E-state index contributed by atoms with van der Waals surface area (Å²) in [6.07, 6.45) is 10.9. The van der Waals surface area contributed by atoms with Crippen LogP contribution in [0.1, 0.15) is 99.3 Å². The largest absolute Gasteiger partial charge is 0.393 e. The molecule has 0 aromatic rings. The molecule has 0 aromatic heterocycles. The first kappa shape index (κ1) is 25.5. The van der Waals surface area contributed by atoms with Gasteiger partial charge in [-0.15, -0.1) is 6.58 Å².